The molecule has 0 aliphatic carbocycles. The van der Waals surface area contributed by atoms with Crippen LogP contribution in [0, 0.1) is 0 Å². The highest BCUT2D eigenvalue weighted by Crippen LogP contribution is 2.16. The molecule has 0 aliphatic heterocycles. The highest BCUT2D eigenvalue weighted by Gasteiger charge is 2.23. The summed E-state index contributed by atoms with van der Waals surface area (Å²) in [6.45, 7) is -0.833. The van der Waals surface area contributed by atoms with Crippen molar-refractivity contribution in [1.82, 2.24) is 9.78 Å². The van der Waals surface area contributed by atoms with Crippen LogP contribution in [0.3, 0.4) is 0 Å². The molecule has 1 atom stereocenters. The Kier molecular flexibility index (Phi) is 3.75. The molecule has 16 heavy (non-hydrogen) atoms. The number of aromatic nitrogens is 2. The van der Waals surface area contributed by atoms with Crippen molar-refractivity contribution in [3.05, 3.63) is 11.8 Å². The molecule has 0 saturated heterocycles. The number of halogens is 3. The molecule has 5 nitrogen and oxygen atoms in total. The van der Waals surface area contributed by atoms with Crippen molar-refractivity contribution in [2.45, 2.75) is 19.1 Å². The van der Waals surface area contributed by atoms with E-state index in [-0.39, 0.29) is 5.69 Å². The molecule has 0 saturated carbocycles. The number of esters is 1. The van der Waals surface area contributed by atoms with E-state index in [0.717, 1.165) is 13.2 Å². The van der Waals surface area contributed by atoms with E-state index in [2.05, 4.69) is 9.84 Å². The maximum atomic E-state index is 12.6. The van der Waals surface area contributed by atoms with Gasteiger partial charge in [0.25, 0.3) is 6.43 Å². The zero-order chi connectivity index (χ0) is 12.3. The number of carbonyl (C=O) groups is 1. The largest absolute Gasteiger partial charge is 0.493 e. The van der Waals surface area contributed by atoms with E-state index in [1.54, 1.807) is 0 Å². The third kappa shape index (κ3) is 2.65. The molecule has 1 aromatic heterocycles. The van der Waals surface area contributed by atoms with Gasteiger partial charge in [0.2, 0.25) is 5.88 Å². The van der Waals surface area contributed by atoms with Crippen LogP contribution >= 0.6 is 0 Å². The maximum absolute atomic E-state index is 12.6. The highest BCUT2D eigenvalue weighted by molar-refractivity contribution is 5.87. The zero-order valence-electron chi connectivity index (χ0n) is 8.23. The standard InChI is InChI=1S/C8H9F3N2O3/c1-16-8(15)5-2-6(14)13(12-5)3-4(9)7(10)11/h2,4,7,14H,3H2,1H3. The van der Waals surface area contributed by atoms with Gasteiger partial charge in [-0.25, -0.2) is 22.6 Å². The first kappa shape index (κ1) is 12.3. The van der Waals surface area contributed by atoms with Crippen LogP contribution in [0.1, 0.15) is 10.5 Å². The minimum absolute atomic E-state index is 0.276. The van der Waals surface area contributed by atoms with Crippen LogP contribution in [0.2, 0.25) is 0 Å². The number of methoxy groups -OCH3 is 1. The van der Waals surface area contributed by atoms with Crippen molar-refractivity contribution < 1.29 is 27.8 Å². The number of aromatic hydroxyl groups is 1. The minimum atomic E-state index is -3.18. The van der Waals surface area contributed by atoms with Gasteiger partial charge in [-0.05, 0) is 0 Å². The summed E-state index contributed by atoms with van der Waals surface area (Å²) >= 11 is 0. The van der Waals surface area contributed by atoms with Crippen LogP contribution in [0.15, 0.2) is 6.07 Å². The van der Waals surface area contributed by atoms with Gasteiger partial charge in [0.1, 0.15) is 0 Å². The normalized spacial score (nSPS) is 12.8. The van der Waals surface area contributed by atoms with Crippen molar-refractivity contribution in [2.24, 2.45) is 0 Å². The van der Waals surface area contributed by atoms with Crippen LogP contribution in [0.25, 0.3) is 0 Å². The van der Waals surface area contributed by atoms with E-state index in [1.165, 1.54) is 0 Å². The molecule has 8 heteroatoms. The quantitative estimate of drug-likeness (QED) is 0.794. The summed E-state index contributed by atoms with van der Waals surface area (Å²) in [5.74, 6) is -1.43. The SMILES string of the molecule is COC(=O)c1cc(O)n(CC(F)C(F)F)n1. The van der Waals surface area contributed by atoms with Crippen molar-refractivity contribution in [3.8, 4) is 5.88 Å². The maximum Gasteiger partial charge on any atom is 0.358 e. The van der Waals surface area contributed by atoms with Gasteiger partial charge in [0.15, 0.2) is 11.9 Å². The molecule has 1 N–H and O–H groups in total. The molecule has 1 heterocycles. The Balaban J connectivity index is 2.82. The Morgan fingerprint density at radius 3 is 2.75 bits per heavy atom. The fourth-order valence-electron chi connectivity index (χ4n) is 0.991. The van der Waals surface area contributed by atoms with Crippen molar-refractivity contribution >= 4 is 5.97 Å². The summed E-state index contributed by atoms with van der Waals surface area (Å²) < 4.78 is 41.3. The van der Waals surface area contributed by atoms with Gasteiger partial charge in [0.05, 0.1) is 13.7 Å². The number of hydrogen-bond donors (Lipinski definition) is 1. The number of alkyl halides is 3. The first-order chi connectivity index (χ1) is 7.45. The number of carbonyl (C=O) groups excluding carboxylic acids is 1. The molecule has 0 amide bonds. The fourth-order valence-corrected chi connectivity index (χ4v) is 0.991. The Morgan fingerprint density at radius 2 is 2.25 bits per heavy atom. The predicted molar refractivity (Wildman–Crippen MR) is 46.1 cm³/mol. The average Bonchev–Trinajstić information content (AvgIpc) is 2.59. The number of hydrogen-bond acceptors (Lipinski definition) is 4. The van der Waals surface area contributed by atoms with Gasteiger partial charge in [0, 0.05) is 6.07 Å². The fraction of sp³-hybridized carbons (Fsp3) is 0.500. The average molecular weight is 238 g/mol. The molecule has 1 unspecified atom stereocenters. The van der Waals surface area contributed by atoms with E-state index in [4.69, 9.17) is 0 Å². The molecule has 90 valence electrons. The topological polar surface area (TPSA) is 64.3 Å². The summed E-state index contributed by atoms with van der Waals surface area (Å²) in [5.41, 5.74) is -0.276. The summed E-state index contributed by atoms with van der Waals surface area (Å²) in [7, 11) is 1.09. The molecular formula is C8H9F3N2O3. The molecule has 0 radical (unpaired) electrons. The van der Waals surface area contributed by atoms with E-state index in [0.29, 0.717) is 4.68 Å². The Labute approximate surface area is 88.4 Å². The predicted octanol–water partition coefficient (Wildman–Crippen LogP) is 0.978. The lowest BCUT2D eigenvalue weighted by atomic mass is 10.4. The smallest absolute Gasteiger partial charge is 0.358 e. The van der Waals surface area contributed by atoms with Crippen molar-refractivity contribution in [1.29, 1.82) is 0 Å². The number of ether oxygens (including phenoxy) is 1. The first-order valence-electron chi connectivity index (χ1n) is 4.23. The monoisotopic (exact) mass is 238 g/mol. The van der Waals surface area contributed by atoms with Crippen molar-refractivity contribution in [2.75, 3.05) is 7.11 Å². The second kappa shape index (κ2) is 4.86. The van der Waals surface area contributed by atoms with Gasteiger partial charge in [-0.15, -0.1) is 0 Å². The van der Waals surface area contributed by atoms with Crippen LogP contribution in [0.5, 0.6) is 5.88 Å². The van der Waals surface area contributed by atoms with E-state index >= 15 is 0 Å². The zero-order valence-corrected chi connectivity index (χ0v) is 8.23. The van der Waals surface area contributed by atoms with Crippen molar-refractivity contribution in [3.63, 3.8) is 0 Å². The van der Waals surface area contributed by atoms with Gasteiger partial charge in [-0.1, -0.05) is 0 Å². The first-order valence-corrected chi connectivity index (χ1v) is 4.23. The molecule has 0 bridgehead atoms. The van der Waals surface area contributed by atoms with Crippen LogP contribution in [-0.4, -0.2) is 40.6 Å². The Hall–Kier alpha value is -1.73. The molecule has 1 aromatic rings. The lowest BCUT2D eigenvalue weighted by Gasteiger charge is -2.07. The lowest BCUT2D eigenvalue weighted by Crippen LogP contribution is -2.20. The van der Waals surface area contributed by atoms with Gasteiger partial charge in [-0.3, -0.25) is 0 Å². The number of rotatable bonds is 4. The Morgan fingerprint density at radius 1 is 1.62 bits per heavy atom. The van der Waals surface area contributed by atoms with Crippen LogP contribution < -0.4 is 0 Å². The van der Waals surface area contributed by atoms with Crippen LogP contribution in [0.4, 0.5) is 13.2 Å². The summed E-state index contributed by atoms with van der Waals surface area (Å²) in [5, 5.41) is 12.6. The summed E-state index contributed by atoms with van der Waals surface area (Å²) in [6, 6.07) is 0.907. The molecule has 0 fully saturated rings. The summed E-state index contributed by atoms with van der Waals surface area (Å²) in [6.07, 6.45) is -5.64. The third-order valence-corrected chi connectivity index (χ3v) is 1.77. The molecule has 0 aromatic carbocycles. The minimum Gasteiger partial charge on any atom is -0.493 e. The Bertz CT molecular complexity index is 381. The second-order valence-electron chi connectivity index (χ2n) is 2.91. The molecule has 0 spiro atoms. The molecule has 1 rings (SSSR count). The van der Waals surface area contributed by atoms with Gasteiger partial charge >= 0.3 is 5.97 Å². The van der Waals surface area contributed by atoms with Crippen LogP contribution in [-0.2, 0) is 11.3 Å². The molecule has 0 aliphatic rings. The van der Waals surface area contributed by atoms with Gasteiger partial charge in [-0.2, -0.15) is 5.10 Å². The third-order valence-electron chi connectivity index (χ3n) is 1.77. The van der Waals surface area contributed by atoms with E-state index in [1.807, 2.05) is 0 Å². The van der Waals surface area contributed by atoms with E-state index in [9.17, 15) is 23.1 Å². The van der Waals surface area contributed by atoms with Gasteiger partial charge < -0.3 is 9.84 Å². The molecular weight excluding hydrogens is 229 g/mol. The summed E-state index contributed by atoms with van der Waals surface area (Å²) in [4.78, 5) is 10.9. The lowest BCUT2D eigenvalue weighted by molar-refractivity contribution is 0.0372. The highest BCUT2D eigenvalue weighted by atomic mass is 19.3. The second-order valence-corrected chi connectivity index (χ2v) is 2.91. The number of nitrogens with zero attached hydrogens (tertiary/aromatic N) is 2. The van der Waals surface area contributed by atoms with E-state index < -0.39 is 31.0 Å².